The number of ether oxygens (including phenoxy) is 1. The Morgan fingerprint density at radius 2 is 2.20 bits per heavy atom. The second-order valence-electron chi connectivity index (χ2n) is 5.56. The van der Waals surface area contributed by atoms with E-state index in [9.17, 15) is 9.90 Å². The van der Waals surface area contributed by atoms with Crippen LogP contribution in [0.3, 0.4) is 0 Å². The maximum absolute atomic E-state index is 11.5. The van der Waals surface area contributed by atoms with Crippen LogP contribution in [0.15, 0.2) is 0 Å². The van der Waals surface area contributed by atoms with E-state index in [1.54, 1.807) is 6.92 Å². The van der Waals surface area contributed by atoms with Gasteiger partial charge in [-0.2, -0.15) is 0 Å². The van der Waals surface area contributed by atoms with Crippen LogP contribution in [0.4, 0.5) is 0 Å². The van der Waals surface area contributed by atoms with Crippen molar-refractivity contribution in [3.8, 4) is 0 Å². The summed E-state index contributed by atoms with van der Waals surface area (Å²) in [6, 6.07) is 0. The van der Waals surface area contributed by atoms with Gasteiger partial charge in [0.05, 0.1) is 6.10 Å². The Bertz CT molecular complexity index is 470. The number of carbonyl (C=O) groups is 1. The minimum atomic E-state index is -1.08. The molecule has 1 aromatic rings. The lowest BCUT2D eigenvalue weighted by Gasteiger charge is -2.35. The smallest absolute Gasteiger partial charge is 0.331 e. The highest BCUT2D eigenvalue weighted by Gasteiger charge is 2.38. The van der Waals surface area contributed by atoms with Gasteiger partial charge in [-0.25, -0.2) is 9.48 Å². The molecule has 7 nitrogen and oxygen atoms in total. The van der Waals surface area contributed by atoms with Gasteiger partial charge in [0.1, 0.15) is 0 Å². The van der Waals surface area contributed by atoms with Crippen molar-refractivity contribution in [2.75, 3.05) is 6.61 Å². The van der Waals surface area contributed by atoms with Gasteiger partial charge in [-0.05, 0) is 49.5 Å². The minimum absolute atomic E-state index is 0.339. The van der Waals surface area contributed by atoms with Crippen molar-refractivity contribution in [1.29, 1.82) is 0 Å². The van der Waals surface area contributed by atoms with Crippen molar-refractivity contribution >= 4 is 5.97 Å². The molecule has 2 rings (SSSR count). The molecule has 0 aromatic carbocycles. The molecule has 1 aliphatic carbocycles. The van der Waals surface area contributed by atoms with Gasteiger partial charge in [0.15, 0.2) is 11.4 Å². The zero-order valence-corrected chi connectivity index (χ0v) is 12.2. The van der Waals surface area contributed by atoms with Crippen molar-refractivity contribution in [1.82, 2.24) is 20.2 Å². The number of hydrogen-bond acceptors (Lipinski definition) is 5. The number of carboxylic acids is 1. The van der Waals surface area contributed by atoms with Crippen LogP contribution < -0.4 is 0 Å². The van der Waals surface area contributed by atoms with Crippen LogP contribution in [-0.4, -0.2) is 44.0 Å². The highest BCUT2D eigenvalue weighted by atomic mass is 16.5. The van der Waals surface area contributed by atoms with E-state index >= 15 is 0 Å². The molecule has 1 fully saturated rings. The fourth-order valence-electron chi connectivity index (χ4n) is 2.58. The van der Waals surface area contributed by atoms with Gasteiger partial charge in [0.25, 0.3) is 0 Å². The monoisotopic (exact) mass is 282 g/mol. The van der Waals surface area contributed by atoms with Gasteiger partial charge >= 0.3 is 5.97 Å². The maximum atomic E-state index is 11.5. The lowest BCUT2D eigenvalue weighted by molar-refractivity contribution is -0.147. The molecule has 7 heteroatoms. The highest BCUT2D eigenvalue weighted by Crippen LogP contribution is 2.33. The summed E-state index contributed by atoms with van der Waals surface area (Å²) in [6.45, 7) is 6.21. The van der Waals surface area contributed by atoms with Crippen molar-refractivity contribution in [2.24, 2.45) is 5.92 Å². The molecular weight excluding hydrogens is 260 g/mol. The summed E-state index contributed by atoms with van der Waals surface area (Å²) in [6.07, 6.45) is 3.48. The van der Waals surface area contributed by atoms with Crippen LogP contribution in [0.2, 0.25) is 0 Å². The normalized spacial score (nSPS) is 24.9. The Kier molecular flexibility index (Phi) is 4.37. The van der Waals surface area contributed by atoms with Crippen LogP contribution in [0.5, 0.6) is 0 Å². The van der Waals surface area contributed by atoms with Crippen LogP contribution >= 0.6 is 0 Å². The minimum Gasteiger partial charge on any atom is -0.479 e. The number of rotatable bonds is 7. The number of nitrogens with zero attached hydrogens (tertiary/aromatic N) is 4. The molecule has 0 bridgehead atoms. The van der Waals surface area contributed by atoms with Gasteiger partial charge < -0.3 is 9.84 Å². The molecule has 1 unspecified atom stereocenters. The average molecular weight is 282 g/mol. The van der Waals surface area contributed by atoms with Crippen molar-refractivity contribution in [2.45, 2.75) is 58.1 Å². The standard InChI is InChI=1S/C13H22N4O3/c1-4-13(3,12(18)19)17-11(14-15-16-17)8-9-6-10(7-9)20-5-2/h9-10H,4-8H2,1-3H3,(H,18,19). The summed E-state index contributed by atoms with van der Waals surface area (Å²) in [4.78, 5) is 11.5. The van der Waals surface area contributed by atoms with Gasteiger partial charge in [0.2, 0.25) is 0 Å². The van der Waals surface area contributed by atoms with Gasteiger partial charge in [-0.15, -0.1) is 5.10 Å². The van der Waals surface area contributed by atoms with Crippen molar-refractivity contribution < 1.29 is 14.6 Å². The average Bonchev–Trinajstić information content (AvgIpc) is 2.83. The third kappa shape index (κ3) is 2.67. The van der Waals surface area contributed by atoms with Gasteiger partial charge in [0, 0.05) is 13.0 Å². The van der Waals surface area contributed by atoms with E-state index in [-0.39, 0.29) is 0 Å². The highest BCUT2D eigenvalue weighted by molar-refractivity contribution is 5.76. The molecule has 1 aromatic heterocycles. The number of aromatic nitrogens is 4. The molecule has 20 heavy (non-hydrogen) atoms. The first-order valence-corrected chi connectivity index (χ1v) is 7.14. The molecule has 0 amide bonds. The molecule has 0 radical (unpaired) electrons. The first-order valence-electron chi connectivity index (χ1n) is 7.14. The summed E-state index contributed by atoms with van der Waals surface area (Å²) in [5.41, 5.74) is -1.08. The third-order valence-electron chi connectivity index (χ3n) is 4.22. The Hall–Kier alpha value is -1.50. The predicted molar refractivity (Wildman–Crippen MR) is 71.2 cm³/mol. The van der Waals surface area contributed by atoms with E-state index in [2.05, 4.69) is 15.5 Å². The van der Waals surface area contributed by atoms with Crippen LogP contribution in [0.25, 0.3) is 0 Å². The summed E-state index contributed by atoms with van der Waals surface area (Å²) < 4.78 is 6.99. The fourth-order valence-corrected chi connectivity index (χ4v) is 2.58. The van der Waals surface area contributed by atoms with E-state index in [0.717, 1.165) is 19.4 Å². The number of hydrogen-bond donors (Lipinski definition) is 1. The van der Waals surface area contributed by atoms with E-state index in [0.29, 0.717) is 30.7 Å². The molecule has 1 saturated carbocycles. The molecular formula is C13H22N4O3. The molecule has 0 spiro atoms. The van der Waals surface area contributed by atoms with Crippen molar-refractivity contribution in [3.05, 3.63) is 5.82 Å². The quantitative estimate of drug-likeness (QED) is 0.809. The second-order valence-corrected chi connectivity index (χ2v) is 5.56. The first-order chi connectivity index (χ1) is 9.51. The maximum Gasteiger partial charge on any atom is 0.331 e. The zero-order valence-electron chi connectivity index (χ0n) is 12.2. The number of tetrazole rings is 1. The predicted octanol–water partition coefficient (Wildman–Crippen LogP) is 1.24. The molecule has 1 aliphatic rings. The molecule has 0 aliphatic heterocycles. The summed E-state index contributed by atoms with van der Waals surface area (Å²) in [5.74, 6) is 0.220. The van der Waals surface area contributed by atoms with E-state index in [1.165, 1.54) is 4.68 Å². The summed E-state index contributed by atoms with van der Waals surface area (Å²) in [5, 5.41) is 21.0. The molecule has 1 atom stereocenters. The Morgan fingerprint density at radius 1 is 1.50 bits per heavy atom. The van der Waals surface area contributed by atoms with Crippen LogP contribution in [0.1, 0.15) is 45.9 Å². The lowest BCUT2D eigenvalue weighted by Crippen LogP contribution is -2.41. The Balaban J connectivity index is 2.05. The number of aliphatic carboxylic acids is 1. The van der Waals surface area contributed by atoms with Crippen LogP contribution in [-0.2, 0) is 21.5 Å². The first kappa shape index (κ1) is 14.9. The topological polar surface area (TPSA) is 90.1 Å². The molecule has 1 N–H and O–H groups in total. The zero-order chi connectivity index (χ0) is 14.8. The Morgan fingerprint density at radius 3 is 2.75 bits per heavy atom. The summed E-state index contributed by atoms with van der Waals surface area (Å²) >= 11 is 0. The third-order valence-corrected chi connectivity index (χ3v) is 4.22. The molecule has 112 valence electrons. The van der Waals surface area contributed by atoms with E-state index in [1.807, 2.05) is 13.8 Å². The largest absolute Gasteiger partial charge is 0.479 e. The molecule has 0 saturated heterocycles. The second kappa shape index (κ2) is 5.87. The van der Waals surface area contributed by atoms with Gasteiger partial charge in [-0.3, -0.25) is 0 Å². The van der Waals surface area contributed by atoms with Gasteiger partial charge in [-0.1, -0.05) is 6.92 Å². The lowest BCUT2D eigenvalue weighted by atomic mass is 9.79. The fraction of sp³-hybridized carbons (Fsp3) is 0.846. The van der Waals surface area contributed by atoms with Crippen molar-refractivity contribution in [3.63, 3.8) is 0 Å². The van der Waals surface area contributed by atoms with E-state index in [4.69, 9.17) is 4.74 Å². The van der Waals surface area contributed by atoms with E-state index < -0.39 is 11.5 Å². The number of carboxylic acid groups (broad SMARTS) is 1. The Labute approximate surface area is 118 Å². The summed E-state index contributed by atoms with van der Waals surface area (Å²) in [7, 11) is 0. The van der Waals surface area contributed by atoms with Crippen LogP contribution in [0, 0.1) is 5.92 Å². The molecule has 1 heterocycles. The SMILES string of the molecule is CCOC1CC(Cc2nnnn2C(C)(CC)C(=O)O)C1.